The Labute approximate surface area is 187 Å². The van der Waals surface area contributed by atoms with Crippen LogP contribution in [-0.2, 0) is 4.79 Å². The molecule has 5 rings (SSSR count). The predicted octanol–water partition coefficient (Wildman–Crippen LogP) is 6.23. The van der Waals surface area contributed by atoms with Crippen molar-refractivity contribution in [2.75, 3.05) is 5.73 Å². The highest BCUT2D eigenvalue weighted by Crippen LogP contribution is 2.37. The van der Waals surface area contributed by atoms with E-state index in [0.717, 1.165) is 53.8 Å². The second-order valence-electron chi connectivity index (χ2n) is 8.88. The number of aliphatic carboxylic acids is 1. The van der Waals surface area contributed by atoms with Crippen LogP contribution in [0.3, 0.4) is 0 Å². The van der Waals surface area contributed by atoms with Crippen LogP contribution in [0.15, 0.2) is 66.7 Å². The maximum absolute atomic E-state index is 10.9. The maximum atomic E-state index is 10.9. The largest absolute Gasteiger partial charge is 0.481 e. The lowest BCUT2D eigenvalue weighted by Crippen LogP contribution is -2.16. The number of H-pyrrole nitrogens is 1. The van der Waals surface area contributed by atoms with E-state index in [2.05, 4.69) is 58.5 Å². The summed E-state index contributed by atoms with van der Waals surface area (Å²) in [7, 11) is 0. The molecule has 0 atom stereocenters. The van der Waals surface area contributed by atoms with Gasteiger partial charge in [0.25, 0.3) is 0 Å². The third kappa shape index (κ3) is 4.24. The predicted molar refractivity (Wildman–Crippen MR) is 128 cm³/mol. The minimum Gasteiger partial charge on any atom is -0.481 e. The van der Waals surface area contributed by atoms with Gasteiger partial charge in [0.1, 0.15) is 5.82 Å². The van der Waals surface area contributed by atoms with Gasteiger partial charge in [-0.1, -0.05) is 48.5 Å². The molecule has 4 aromatic rings. The van der Waals surface area contributed by atoms with Crippen molar-refractivity contribution in [1.29, 1.82) is 0 Å². The molecule has 0 radical (unpaired) electrons. The van der Waals surface area contributed by atoms with Crippen molar-refractivity contribution in [2.24, 2.45) is 5.92 Å². The number of benzene rings is 3. The fraction of sp³-hybridized carbons (Fsp3) is 0.259. The first-order chi connectivity index (χ1) is 15.5. The molecule has 1 aromatic heterocycles. The van der Waals surface area contributed by atoms with E-state index in [4.69, 9.17) is 10.8 Å². The highest BCUT2D eigenvalue weighted by molar-refractivity contribution is 5.82. The molecule has 1 heterocycles. The van der Waals surface area contributed by atoms with Gasteiger partial charge in [0.05, 0.1) is 11.0 Å². The Hall–Kier alpha value is -3.60. The lowest BCUT2D eigenvalue weighted by molar-refractivity contribution is -0.138. The summed E-state index contributed by atoms with van der Waals surface area (Å²) in [6.07, 6.45) is 4.48. The summed E-state index contributed by atoms with van der Waals surface area (Å²) in [4.78, 5) is 18.9. The first-order valence-corrected chi connectivity index (χ1v) is 11.2. The monoisotopic (exact) mass is 425 g/mol. The lowest BCUT2D eigenvalue weighted by Gasteiger charge is -2.28. The van der Waals surface area contributed by atoms with Crippen LogP contribution in [0.4, 0.5) is 5.69 Å². The van der Waals surface area contributed by atoms with Gasteiger partial charge in [-0.3, -0.25) is 4.79 Å². The Morgan fingerprint density at radius 3 is 2.19 bits per heavy atom. The average Bonchev–Trinajstić information content (AvgIpc) is 3.23. The number of imidazole rings is 1. The Kier molecular flexibility index (Phi) is 5.39. The van der Waals surface area contributed by atoms with E-state index in [1.807, 2.05) is 18.2 Å². The normalized spacial score (nSPS) is 18.6. The number of nitrogen functional groups attached to an aromatic ring is 1. The van der Waals surface area contributed by atoms with Crippen molar-refractivity contribution >= 4 is 22.7 Å². The van der Waals surface area contributed by atoms with Gasteiger partial charge in [-0.2, -0.15) is 0 Å². The summed E-state index contributed by atoms with van der Waals surface area (Å²) >= 11 is 0. The zero-order valence-electron chi connectivity index (χ0n) is 17.9. The second-order valence-corrected chi connectivity index (χ2v) is 8.88. The van der Waals surface area contributed by atoms with E-state index in [1.54, 1.807) is 0 Å². The number of hydrogen-bond acceptors (Lipinski definition) is 3. The summed E-state index contributed by atoms with van der Waals surface area (Å²) in [5.74, 6) is 1.05. The van der Waals surface area contributed by atoms with Crippen LogP contribution >= 0.6 is 0 Å². The summed E-state index contributed by atoms with van der Waals surface area (Å²) in [5.41, 5.74) is 13.2. The van der Waals surface area contributed by atoms with Crippen LogP contribution in [0.25, 0.3) is 33.5 Å². The Bertz CT molecular complexity index is 1230. The number of nitrogens with two attached hydrogens (primary N) is 1. The van der Waals surface area contributed by atoms with Crippen molar-refractivity contribution in [3.8, 4) is 22.5 Å². The average molecular weight is 426 g/mol. The number of nitrogens with one attached hydrogen (secondary N) is 1. The number of fused-ring (bicyclic) bond motifs is 1. The number of aromatic amines is 1. The Morgan fingerprint density at radius 1 is 0.906 bits per heavy atom. The van der Waals surface area contributed by atoms with Crippen molar-refractivity contribution in [3.63, 3.8) is 0 Å². The van der Waals surface area contributed by atoms with Gasteiger partial charge >= 0.3 is 5.97 Å². The van der Waals surface area contributed by atoms with Crippen molar-refractivity contribution in [2.45, 2.75) is 38.0 Å². The molecule has 1 saturated carbocycles. The van der Waals surface area contributed by atoms with Gasteiger partial charge in [-0.25, -0.2) is 4.98 Å². The number of hydrogen-bond donors (Lipinski definition) is 3. The highest BCUT2D eigenvalue weighted by Gasteiger charge is 2.23. The molecule has 1 aliphatic carbocycles. The Morgan fingerprint density at radius 2 is 1.53 bits per heavy atom. The quantitative estimate of drug-likeness (QED) is 0.331. The molecule has 1 aliphatic rings. The van der Waals surface area contributed by atoms with Crippen molar-refractivity contribution < 1.29 is 9.90 Å². The van der Waals surface area contributed by atoms with Gasteiger partial charge in [0.15, 0.2) is 0 Å². The number of carbonyl (C=O) groups is 1. The molecule has 5 heteroatoms. The fourth-order valence-electron chi connectivity index (χ4n) is 4.88. The summed E-state index contributed by atoms with van der Waals surface area (Å²) < 4.78 is 0. The van der Waals surface area contributed by atoms with Crippen molar-refractivity contribution in [1.82, 2.24) is 9.97 Å². The zero-order valence-corrected chi connectivity index (χ0v) is 17.9. The molecule has 0 bridgehead atoms. The number of rotatable bonds is 5. The summed E-state index contributed by atoms with van der Waals surface area (Å²) in [6, 6.07) is 23.0. The fourth-order valence-corrected chi connectivity index (χ4v) is 4.88. The molecule has 0 unspecified atom stereocenters. The van der Waals surface area contributed by atoms with Gasteiger partial charge in [0.2, 0.25) is 0 Å². The van der Waals surface area contributed by atoms with Crippen LogP contribution in [0.5, 0.6) is 0 Å². The molecule has 0 amide bonds. The lowest BCUT2D eigenvalue weighted by atomic mass is 9.77. The standard InChI is InChI=1S/C27H27N3O2/c28-23-13-14-24-25(16-23)30-27(29-24)22-11-9-21(10-12-22)20-7-5-19(6-8-20)18-3-1-17(2-4-18)15-26(31)32/h5-14,16-18H,1-4,15,28H2,(H,29,30)(H,31,32). The molecule has 0 aliphatic heterocycles. The van der Waals surface area contributed by atoms with E-state index < -0.39 is 5.97 Å². The third-order valence-corrected chi connectivity index (χ3v) is 6.69. The second kappa shape index (κ2) is 8.50. The molecule has 0 saturated heterocycles. The van der Waals surface area contributed by atoms with Crippen LogP contribution in [-0.4, -0.2) is 21.0 Å². The Balaban J connectivity index is 1.27. The topological polar surface area (TPSA) is 92.0 Å². The smallest absolute Gasteiger partial charge is 0.303 e. The van der Waals surface area contributed by atoms with Gasteiger partial charge in [-0.15, -0.1) is 0 Å². The molecule has 3 aromatic carbocycles. The summed E-state index contributed by atoms with van der Waals surface area (Å²) in [6.45, 7) is 0. The van der Waals surface area contributed by atoms with Gasteiger partial charge in [-0.05, 0) is 72.4 Å². The zero-order chi connectivity index (χ0) is 22.1. The van der Waals surface area contributed by atoms with Crippen molar-refractivity contribution in [3.05, 3.63) is 72.3 Å². The maximum Gasteiger partial charge on any atom is 0.303 e. The highest BCUT2D eigenvalue weighted by atomic mass is 16.4. The third-order valence-electron chi connectivity index (χ3n) is 6.69. The van der Waals surface area contributed by atoms with Gasteiger partial charge < -0.3 is 15.8 Å². The first-order valence-electron chi connectivity index (χ1n) is 11.2. The number of nitrogens with zero attached hydrogens (tertiary/aromatic N) is 1. The molecular weight excluding hydrogens is 398 g/mol. The first kappa shape index (κ1) is 20.3. The molecule has 162 valence electrons. The van der Waals surface area contributed by atoms with Crippen LogP contribution in [0.1, 0.15) is 43.6 Å². The molecule has 0 spiro atoms. The molecule has 4 N–H and O–H groups in total. The van der Waals surface area contributed by atoms with Crippen LogP contribution < -0.4 is 5.73 Å². The molecule has 1 fully saturated rings. The molecule has 32 heavy (non-hydrogen) atoms. The minimum atomic E-state index is -0.672. The number of carboxylic acids is 1. The molecular formula is C27H27N3O2. The molecule has 5 nitrogen and oxygen atoms in total. The summed E-state index contributed by atoms with van der Waals surface area (Å²) in [5, 5.41) is 9.00. The van der Waals surface area contributed by atoms with E-state index >= 15 is 0 Å². The van der Waals surface area contributed by atoms with E-state index in [9.17, 15) is 4.79 Å². The van der Waals surface area contributed by atoms with E-state index in [0.29, 0.717) is 18.3 Å². The minimum absolute atomic E-state index is 0.309. The SMILES string of the molecule is Nc1ccc2nc(-c3ccc(-c4ccc(C5CCC(CC(=O)O)CC5)cc4)cc3)[nH]c2c1. The number of aromatic nitrogens is 2. The van der Waals surface area contributed by atoms with E-state index in [1.165, 1.54) is 16.7 Å². The number of anilines is 1. The van der Waals surface area contributed by atoms with Crippen LogP contribution in [0.2, 0.25) is 0 Å². The van der Waals surface area contributed by atoms with Gasteiger partial charge in [0, 0.05) is 17.7 Å². The van der Waals surface area contributed by atoms with E-state index in [-0.39, 0.29) is 0 Å². The van der Waals surface area contributed by atoms with Crippen LogP contribution in [0, 0.1) is 5.92 Å². The number of carboxylic acid groups (broad SMARTS) is 1.